The molecule has 2 rings (SSSR count). The van der Waals surface area contributed by atoms with E-state index in [4.69, 9.17) is 30.5 Å². The number of carbonyl (C=O) groups is 2. The van der Waals surface area contributed by atoms with Crippen LogP contribution in [0.5, 0.6) is 11.5 Å². The zero-order chi connectivity index (χ0) is 22.6. The fourth-order valence-corrected chi connectivity index (χ4v) is 2.57. The van der Waals surface area contributed by atoms with E-state index in [-0.39, 0.29) is 25.4 Å². The van der Waals surface area contributed by atoms with E-state index in [2.05, 4.69) is 5.32 Å². The number of nitriles is 1. The smallest absolute Gasteiger partial charge is 0.348 e. The molecule has 0 heterocycles. The Morgan fingerprint density at radius 2 is 1.90 bits per heavy atom. The average Bonchev–Trinajstić information content (AvgIpc) is 2.78. The molecule has 0 spiro atoms. The summed E-state index contributed by atoms with van der Waals surface area (Å²) < 4.78 is 20.6. The SMILES string of the molecule is COCCOC(=O)/C(C#N)=C/c1ccc(OCC(=O)Nc2ccccc2Cl)c(OC)c1. The molecule has 0 unspecified atom stereocenters. The molecule has 0 saturated heterocycles. The van der Waals surface area contributed by atoms with Crippen molar-refractivity contribution < 1.29 is 28.5 Å². The van der Waals surface area contributed by atoms with Gasteiger partial charge in [0.15, 0.2) is 18.1 Å². The van der Waals surface area contributed by atoms with Gasteiger partial charge in [-0.1, -0.05) is 29.8 Å². The summed E-state index contributed by atoms with van der Waals surface area (Å²) in [4.78, 5) is 24.1. The van der Waals surface area contributed by atoms with Gasteiger partial charge in [0.25, 0.3) is 5.91 Å². The van der Waals surface area contributed by atoms with Crippen molar-refractivity contribution in [1.82, 2.24) is 0 Å². The lowest BCUT2D eigenvalue weighted by atomic mass is 10.1. The predicted octanol–water partition coefficient (Wildman–Crippen LogP) is 3.46. The highest BCUT2D eigenvalue weighted by molar-refractivity contribution is 6.33. The third-order valence-electron chi connectivity index (χ3n) is 3.87. The molecule has 8 nitrogen and oxygen atoms in total. The maximum atomic E-state index is 12.1. The average molecular weight is 445 g/mol. The number of ether oxygens (including phenoxy) is 4. The fraction of sp³-hybridized carbons (Fsp3) is 0.227. The van der Waals surface area contributed by atoms with Gasteiger partial charge in [0.1, 0.15) is 18.2 Å². The topological polar surface area (TPSA) is 107 Å². The van der Waals surface area contributed by atoms with Crippen LogP contribution in [0.25, 0.3) is 6.08 Å². The van der Waals surface area contributed by atoms with Crippen molar-refractivity contribution >= 4 is 35.2 Å². The monoisotopic (exact) mass is 444 g/mol. The molecule has 2 aromatic rings. The molecular weight excluding hydrogens is 424 g/mol. The lowest BCUT2D eigenvalue weighted by molar-refractivity contribution is -0.139. The first-order valence-corrected chi connectivity index (χ1v) is 9.49. The number of benzene rings is 2. The van der Waals surface area contributed by atoms with Gasteiger partial charge in [-0.05, 0) is 35.9 Å². The van der Waals surface area contributed by atoms with Gasteiger partial charge in [0.2, 0.25) is 0 Å². The van der Waals surface area contributed by atoms with Crippen LogP contribution in [0.1, 0.15) is 5.56 Å². The number of hydrogen-bond acceptors (Lipinski definition) is 7. The molecule has 0 aliphatic rings. The Kier molecular flexibility index (Phi) is 9.36. The second kappa shape index (κ2) is 12.2. The number of amides is 1. The van der Waals surface area contributed by atoms with Gasteiger partial charge in [0.05, 0.1) is 24.4 Å². The first-order valence-electron chi connectivity index (χ1n) is 9.11. The largest absolute Gasteiger partial charge is 0.493 e. The van der Waals surface area contributed by atoms with Crippen molar-refractivity contribution in [2.75, 3.05) is 39.4 Å². The Balaban J connectivity index is 2.05. The van der Waals surface area contributed by atoms with E-state index in [1.54, 1.807) is 42.5 Å². The molecular formula is C22H21ClN2O6. The maximum absolute atomic E-state index is 12.1. The molecule has 1 N–H and O–H groups in total. The Labute approximate surface area is 184 Å². The van der Waals surface area contributed by atoms with Crippen molar-refractivity contribution in [3.05, 3.63) is 58.6 Å². The van der Waals surface area contributed by atoms with Crippen LogP contribution in [0.4, 0.5) is 5.69 Å². The quantitative estimate of drug-likeness (QED) is 0.259. The molecule has 0 bridgehead atoms. The summed E-state index contributed by atoms with van der Waals surface area (Å²) in [6, 6.07) is 13.4. The molecule has 0 aromatic heterocycles. The Morgan fingerprint density at radius 3 is 2.58 bits per heavy atom. The molecule has 9 heteroatoms. The predicted molar refractivity (Wildman–Crippen MR) is 115 cm³/mol. The molecule has 2 aromatic carbocycles. The number of nitrogens with zero attached hydrogens (tertiary/aromatic N) is 1. The first kappa shape index (κ1) is 23.7. The maximum Gasteiger partial charge on any atom is 0.348 e. The van der Waals surface area contributed by atoms with Crippen LogP contribution in [-0.2, 0) is 19.1 Å². The number of anilines is 1. The van der Waals surface area contributed by atoms with Gasteiger partial charge in [-0.3, -0.25) is 4.79 Å². The second-order valence-corrected chi connectivity index (χ2v) is 6.43. The van der Waals surface area contributed by atoms with Crippen LogP contribution >= 0.6 is 11.6 Å². The summed E-state index contributed by atoms with van der Waals surface area (Å²) in [6.45, 7) is 0.00110. The molecule has 0 atom stereocenters. The molecule has 0 aliphatic carbocycles. The van der Waals surface area contributed by atoms with Crippen LogP contribution in [0.3, 0.4) is 0 Å². The number of carbonyl (C=O) groups excluding carboxylic acids is 2. The third kappa shape index (κ3) is 7.33. The van der Waals surface area contributed by atoms with Gasteiger partial charge in [-0.25, -0.2) is 4.79 Å². The number of hydrogen-bond donors (Lipinski definition) is 1. The lowest BCUT2D eigenvalue weighted by Gasteiger charge is -2.12. The van der Waals surface area contributed by atoms with E-state index in [0.717, 1.165) is 0 Å². The normalized spacial score (nSPS) is 10.7. The highest BCUT2D eigenvalue weighted by Gasteiger charge is 2.13. The fourth-order valence-electron chi connectivity index (χ4n) is 2.38. The van der Waals surface area contributed by atoms with E-state index in [9.17, 15) is 14.9 Å². The van der Waals surface area contributed by atoms with E-state index in [0.29, 0.717) is 27.8 Å². The zero-order valence-corrected chi connectivity index (χ0v) is 17.8. The van der Waals surface area contributed by atoms with Crippen LogP contribution in [-0.4, -0.2) is 45.9 Å². The van der Waals surface area contributed by atoms with Crippen molar-refractivity contribution in [3.8, 4) is 17.6 Å². The number of para-hydroxylation sites is 1. The summed E-state index contributed by atoms with van der Waals surface area (Å²) in [6.07, 6.45) is 1.37. The van der Waals surface area contributed by atoms with Crippen molar-refractivity contribution in [1.29, 1.82) is 5.26 Å². The molecule has 0 saturated carbocycles. The van der Waals surface area contributed by atoms with Crippen LogP contribution in [0.2, 0.25) is 5.02 Å². The zero-order valence-electron chi connectivity index (χ0n) is 17.0. The minimum atomic E-state index is -0.755. The minimum Gasteiger partial charge on any atom is -0.493 e. The van der Waals surface area contributed by atoms with Crippen LogP contribution < -0.4 is 14.8 Å². The van der Waals surface area contributed by atoms with Crippen LogP contribution in [0, 0.1) is 11.3 Å². The summed E-state index contributed by atoms with van der Waals surface area (Å²) in [5, 5.41) is 12.3. The highest BCUT2D eigenvalue weighted by atomic mass is 35.5. The molecule has 31 heavy (non-hydrogen) atoms. The number of rotatable bonds is 10. The van der Waals surface area contributed by atoms with E-state index < -0.39 is 11.9 Å². The lowest BCUT2D eigenvalue weighted by Crippen LogP contribution is -2.20. The van der Waals surface area contributed by atoms with Crippen molar-refractivity contribution in [3.63, 3.8) is 0 Å². The molecule has 0 aliphatic heterocycles. The van der Waals surface area contributed by atoms with E-state index >= 15 is 0 Å². The summed E-state index contributed by atoms with van der Waals surface area (Å²) in [5.41, 5.74) is 0.822. The van der Waals surface area contributed by atoms with Gasteiger partial charge in [-0.15, -0.1) is 0 Å². The van der Waals surface area contributed by atoms with Crippen molar-refractivity contribution in [2.24, 2.45) is 0 Å². The standard InChI is InChI=1S/C22H21ClN2O6/c1-28-9-10-30-22(27)16(13-24)11-15-7-8-19(20(12-15)29-2)31-14-21(26)25-18-6-4-3-5-17(18)23/h3-8,11-12H,9-10,14H2,1-2H3,(H,25,26)/b16-11+. The minimum absolute atomic E-state index is 0.0424. The second-order valence-electron chi connectivity index (χ2n) is 6.03. The number of esters is 1. The Bertz CT molecular complexity index is 1000. The van der Waals surface area contributed by atoms with Gasteiger partial charge in [0, 0.05) is 7.11 Å². The summed E-state index contributed by atoms with van der Waals surface area (Å²) >= 11 is 6.02. The van der Waals surface area contributed by atoms with E-state index in [1.165, 1.54) is 20.3 Å². The molecule has 1 amide bonds. The molecule has 162 valence electrons. The number of methoxy groups -OCH3 is 2. The van der Waals surface area contributed by atoms with Gasteiger partial charge >= 0.3 is 5.97 Å². The highest BCUT2D eigenvalue weighted by Crippen LogP contribution is 2.29. The van der Waals surface area contributed by atoms with E-state index in [1.807, 2.05) is 6.07 Å². The first-order chi connectivity index (χ1) is 15.0. The van der Waals surface area contributed by atoms with Gasteiger partial charge in [-0.2, -0.15) is 5.26 Å². The van der Waals surface area contributed by atoms with Crippen LogP contribution in [0.15, 0.2) is 48.0 Å². The molecule has 0 radical (unpaired) electrons. The Morgan fingerprint density at radius 1 is 1.13 bits per heavy atom. The Hall–Kier alpha value is -3.54. The number of nitrogens with one attached hydrogen (secondary N) is 1. The third-order valence-corrected chi connectivity index (χ3v) is 4.20. The van der Waals surface area contributed by atoms with Gasteiger partial charge < -0.3 is 24.3 Å². The molecule has 0 fully saturated rings. The summed E-state index contributed by atoms with van der Waals surface area (Å²) in [5.74, 6) is -0.515. The van der Waals surface area contributed by atoms with Crippen molar-refractivity contribution in [2.45, 2.75) is 0 Å². The summed E-state index contributed by atoms with van der Waals surface area (Å²) in [7, 11) is 2.91. The number of halogens is 1.